The molecule has 1 aromatic rings. The highest BCUT2D eigenvalue weighted by Gasteiger charge is 2.24. The minimum atomic E-state index is -0.222. The first-order chi connectivity index (χ1) is 9.75. The van der Waals surface area contributed by atoms with Crippen molar-refractivity contribution in [3.63, 3.8) is 0 Å². The van der Waals surface area contributed by atoms with E-state index in [0.29, 0.717) is 25.1 Å². The molecule has 0 unspecified atom stereocenters. The van der Waals surface area contributed by atoms with Crippen molar-refractivity contribution < 1.29 is 9.59 Å². The lowest BCUT2D eigenvalue weighted by molar-refractivity contribution is 0.0982. The second-order valence-corrected chi connectivity index (χ2v) is 6.19. The molecule has 1 N–H and O–H groups in total. The number of nitrogens with zero attached hydrogens (tertiary/aromatic N) is 1. The molecule has 4 heteroatoms. The van der Waals surface area contributed by atoms with Gasteiger partial charge in [-0.25, -0.2) is 4.79 Å². The van der Waals surface area contributed by atoms with Gasteiger partial charge in [0.15, 0.2) is 5.78 Å². The van der Waals surface area contributed by atoms with Gasteiger partial charge in [-0.3, -0.25) is 4.79 Å². The molecule has 1 rings (SSSR count). The van der Waals surface area contributed by atoms with Crippen molar-refractivity contribution in [2.24, 2.45) is 0 Å². The van der Waals surface area contributed by atoms with Crippen LogP contribution in [0, 0.1) is 6.92 Å². The summed E-state index contributed by atoms with van der Waals surface area (Å²) in [6.07, 6.45) is 0.316. The van der Waals surface area contributed by atoms with Crippen LogP contribution in [0.5, 0.6) is 0 Å². The second kappa shape index (κ2) is 7.25. The fourth-order valence-electron chi connectivity index (χ4n) is 2.18. The van der Waals surface area contributed by atoms with Gasteiger partial charge >= 0.3 is 6.03 Å². The summed E-state index contributed by atoms with van der Waals surface area (Å²) in [5, 5.41) is 2.82. The summed E-state index contributed by atoms with van der Waals surface area (Å²) in [5.74, 6) is 0.0501. The van der Waals surface area contributed by atoms with Crippen molar-refractivity contribution >= 4 is 11.8 Å². The average molecular weight is 290 g/mol. The van der Waals surface area contributed by atoms with Crippen LogP contribution in [0.1, 0.15) is 50.0 Å². The quantitative estimate of drug-likeness (QED) is 0.845. The number of rotatable bonds is 5. The molecule has 0 aliphatic carbocycles. The minimum absolute atomic E-state index is 0.0501. The predicted octanol–water partition coefficient (Wildman–Crippen LogP) is 3.40. The van der Waals surface area contributed by atoms with Crippen LogP contribution in [0.3, 0.4) is 0 Å². The lowest BCUT2D eigenvalue weighted by Crippen LogP contribution is -2.50. The van der Waals surface area contributed by atoms with Crippen molar-refractivity contribution in [1.82, 2.24) is 10.2 Å². The molecule has 116 valence electrons. The van der Waals surface area contributed by atoms with E-state index in [2.05, 4.69) is 5.32 Å². The minimum Gasteiger partial charge on any atom is -0.338 e. The Labute approximate surface area is 127 Å². The van der Waals surface area contributed by atoms with Crippen molar-refractivity contribution in [2.75, 3.05) is 13.1 Å². The first-order valence-electron chi connectivity index (χ1n) is 7.41. The Hall–Kier alpha value is -1.84. The van der Waals surface area contributed by atoms with Gasteiger partial charge < -0.3 is 10.2 Å². The molecular formula is C17H26N2O2. The van der Waals surface area contributed by atoms with E-state index in [1.54, 1.807) is 4.90 Å². The Morgan fingerprint density at radius 3 is 2.19 bits per heavy atom. The number of Topliss-reactive ketones (excluding diaryl/α,β-unsaturated/α-hetero) is 1. The summed E-state index contributed by atoms with van der Waals surface area (Å²) < 4.78 is 0. The fourth-order valence-corrected chi connectivity index (χ4v) is 2.18. The van der Waals surface area contributed by atoms with Crippen LogP contribution in [-0.4, -0.2) is 35.3 Å². The standard InChI is InChI=1S/C17H26N2O2/c1-6-19(17(3,4)5)16(21)18-12-11-15(20)14-9-7-13(2)8-10-14/h7-10H,6,11-12H2,1-5H3,(H,18,21). The number of nitrogens with one attached hydrogen (secondary N) is 1. The molecule has 0 saturated heterocycles. The molecule has 21 heavy (non-hydrogen) atoms. The SMILES string of the molecule is CCN(C(=O)NCCC(=O)c1ccc(C)cc1)C(C)(C)C. The molecule has 0 radical (unpaired) electrons. The van der Waals surface area contributed by atoms with Crippen LogP contribution in [0.15, 0.2) is 24.3 Å². The molecule has 0 heterocycles. The van der Waals surface area contributed by atoms with Gasteiger partial charge in [-0.05, 0) is 34.6 Å². The van der Waals surface area contributed by atoms with Crippen LogP contribution < -0.4 is 5.32 Å². The Bertz CT molecular complexity index is 487. The zero-order valence-electron chi connectivity index (χ0n) is 13.7. The zero-order valence-corrected chi connectivity index (χ0v) is 13.7. The average Bonchev–Trinajstić information content (AvgIpc) is 2.38. The number of carbonyl (C=O) groups is 2. The van der Waals surface area contributed by atoms with Gasteiger partial charge in [0.1, 0.15) is 0 Å². The second-order valence-electron chi connectivity index (χ2n) is 6.19. The van der Waals surface area contributed by atoms with Crippen LogP contribution in [0.2, 0.25) is 0 Å². The Morgan fingerprint density at radius 2 is 1.71 bits per heavy atom. The molecule has 0 aliphatic rings. The fraction of sp³-hybridized carbons (Fsp3) is 0.529. The third-order valence-electron chi connectivity index (χ3n) is 3.37. The van der Waals surface area contributed by atoms with E-state index < -0.39 is 0 Å². The molecule has 4 nitrogen and oxygen atoms in total. The highest BCUT2D eigenvalue weighted by Crippen LogP contribution is 2.12. The molecule has 0 atom stereocenters. The smallest absolute Gasteiger partial charge is 0.317 e. The molecular weight excluding hydrogens is 264 g/mol. The van der Waals surface area contributed by atoms with Crippen LogP contribution in [0.25, 0.3) is 0 Å². The third-order valence-corrected chi connectivity index (χ3v) is 3.37. The van der Waals surface area contributed by atoms with Gasteiger partial charge in [0, 0.05) is 30.6 Å². The van der Waals surface area contributed by atoms with E-state index in [4.69, 9.17) is 0 Å². The van der Waals surface area contributed by atoms with Gasteiger partial charge in [0.2, 0.25) is 0 Å². The van der Waals surface area contributed by atoms with E-state index in [1.807, 2.05) is 58.9 Å². The molecule has 2 amide bonds. The summed E-state index contributed by atoms with van der Waals surface area (Å²) in [6.45, 7) is 10.9. The van der Waals surface area contributed by atoms with Gasteiger partial charge in [0.05, 0.1) is 0 Å². The van der Waals surface area contributed by atoms with E-state index in [9.17, 15) is 9.59 Å². The highest BCUT2D eigenvalue weighted by molar-refractivity contribution is 5.96. The lowest BCUT2D eigenvalue weighted by atomic mass is 10.1. The summed E-state index contributed by atoms with van der Waals surface area (Å²) in [4.78, 5) is 25.8. The van der Waals surface area contributed by atoms with Crippen molar-refractivity contribution in [1.29, 1.82) is 0 Å². The highest BCUT2D eigenvalue weighted by atomic mass is 16.2. The van der Waals surface area contributed by atoms with Crippen molar-refractivity contribution in [2.45, 2.75) is 46.6 Å². The third kappa shape index (κ3) is 5.21. The van der Waals surface area contributed by atoms with Gasteiger partial charge in [-0.1, -0.05) is 29.8 Å². The maximum absolute atomic E-state index is 12.1. The number of aryl methyl sites for hydroxylation is 1. The first-order valence-corrected chi connectivity index (χ1v) is 7.41. The van der Waals surface area contributed by atoms with Gasteiger partial charge in [0.25, 0.3) is 0 Å². The summed E-state index contributed by atoms with van der Waals surface area (Å²) >= 11 is 0. The molecule has 0 fully saturated rings. The molecule has 0 aliphatic heterocycles. The van der Waals surface area contributed by atoms with Crippen molar-refractivity contribution in [3.05, 3.63) is 35.4 Å². The Morgan fingerprint density at radius 1 is 1.14 bits per heavy atom. The van der Waals surface area contributed by atoms with E-state index in [1.165, 1.54) is 0 Å². The number of ketones is 1. The number of urea groups is 1. The van der Waals surface area contributed by atoms with Crippen molar-refractivity contribution in [3.8, 4) is 0 Å². The van der Waals surface area contributed by atoms with Gasteiger partial charge in [-0.15, -0.1) is 0 Å². The molecule has 0 spiro atoms. The van der Waals surface area contributed by atoms with E-state index in [0.717, 1.165) is 5.56 Å². The van der Waals surface area contributed by atoms with Crippen LogP contribution in [0.4, 0.5) is 4.79 Å². The topological polar surface area (TPSA) is 49.4 Å². The predicted molar refractivity (Wildman–Crippen MR) is 85.7 cm³/mol. The molecule has 0 saturated carbocycles. The largest absolute Gasteiger partial charge is 0.338 e. The maximum atomic E-state index is 12.1. The first kappa shape index (κ1) is 17.2. The normalized spacial score (nSPS) is 11.1. The maximum Gasteiger partial charge on any atom is 0.317 e. The molecule has 0 bridgehead atoms. The lowest BCUT2D eigenvalue weighted by Gasteiger charge is -2.34. The van der Waals surface area contributed by atoms with E-state index in [-0.39, 0.29) is 17.4 Å². The van der Waals surface area contributed by atoms with Crippen LogP contribution in [-0.2, 0) is 0 Å². The number of hydrogen-bond donors (Lipinski definition) is 1. The Kier molecular flexibility index (Phi) is 5.94. The van der Waals surface area contributed by atoms with Crippen LogP contribution >= 0.6 is 0 Å². The summed E-state index contributed by atoms with van der Waals surface area (Å²) in [7, 11) is 0. The summed E-state index contributed by atoms with van der Waals surface area (Å²) in [6, 6.07) is 7.37. The van der Waals surface area contributed by atoms with Gasteiger partial charge in [-0.2, -0.15) is 0 Å². The number of amides is 2. The molecule has 1 aromatic carbocycles. The molecule has 0 aromatic heterocycles. The summed E-state index contributed by atoms with van der Waals surface area (Å²) in [5.41, 5.74) is 1.60. The van der Waals surface area contributed by atoms with E-state index >= 15 is 0 Å². The monoisotopic (exact) mass is 290 g/mol. The number of hydrogen-bond acceptors (Lipinski definition) is 2. The Balaban J connectivity index is 2.47. The number of carbonyl (C=O) groups excluding carboxylic acids is 2. The zero-order chi connectivity index (χ0) is 16.0. The number of benzene rings is 1.